The summed E-state index contributed by atoms with van der Waals surface area (Å²) in [5, 5.41) is 14.6. The molecule has 1 aromatic heterocycles. The molecule has 130 valence electrons. The van der Waals surface area contributed by atoms with Gasteiger partial charge in [-0.15, -0.1) is 0 Å². The highest BCUT2D eigenvalue weighted by Crippen LogP contribution is 2.25. The van der Waals surface area contributed by atoms with Gasteiger partial charge in [0.1, 0.15) is 11.6 Å². The Morgan fingerprint density at radius 1 is 1.44 bits per heavy atom. The predicted molar refractivity (Wildman–Crippen MR) is 93.3 cm³/mol. The van der Waals surface area contributed by atoms with Crippen LogP contribution in [0.4, 0.5) is 10.5 Å². The molecule has 0 bridgehead atoms. The molecule has 2 aromatic rings. The molecule has 0 unspecified atom stereocenters. The summed E-state index contributed by atoms with van der Waals surface area (Å²) < 4.78 is 7.64. The van der Waals surface area contributed by atoms with E-state index in [9.17, 15) is 4.79 Å². The summed E-state index contributed by atoms with van der Waals surface area (Å²) in [5.74, 6) is 1.62. The summed E-state index contributed by atoms with van der Waals surface area (Å²) in [7, 11) is 0. The molecule has 0 atom stereocenters. The first-order chi connectivity index (χ1) is 12.2. The zero-order valence-corrected chi connectivity index (χ0v) is 14.2. The maximum Gasteiger partial charge on any atom is 0.319 e. The lowest BCUT2D eigenvalue weighted by Gasteiger charge is -2.12. The van der Waals surface area contributed by atoms with Crippen molar-refractivity contribution in [1.29, 1.82) is 5.26 Å². The maximum absolute atomic E-state index is 12.2. The third-order valence-corrected chi connectivity index (χ3v) is 4.05. The third kappa shape index (κ3) is 4.10. The van der Waals surface area contributed by atoms with Gasteiger partial charge in [0, 0.05) is 19.2 Å². The van der Waals surface area contributed by atoms with Gasteiger partial charge in [-0.1, -0.05) is 0 Å². The number of nitrogens with one attached hydrogen (secondary N) is 2. The summed E-state index contributed by atoms with van der Waals surface area (Å²) in [6, 6.07) is 6.63. The third-order valence-electron chi connectivity index (χ3n) is 4.05. The van der Waals surface area contributed by atoms with E-state index in [0.29, 0.717) is 30.2 Å². The molecule has 7 heteroatoms. The lowest BCUT2D eigenvalue weighted by atomic mass is 10.2. The Morgan fingerprint density at radius 2 is 2.32 bits per heavy atom. The standard InChI is InChI=1S/C18H21N5O2/c1-2-25-16-7-6-13(10-19)9-15(16)22-18(24)20-11-14-12-23-8-4-3-5-17(23)21-14/h6-7,9,12H,2-5,8,11H2,1H3,(H2,20,22,24). The number of hydrogen-bond donors (Lipinski definition) is 2. The van der Waals surface area contributed by atoms with Crippen molar-refractivity contribution in [2.45, 2.75) is 39.3 Å². The van der Waals surface area contributed by atoms with Gasteiger partial charge in [-0.3, -0.25) is 0 Å². The monoisotopic (exact) mass is 339 g/mol. The molecule has 1 aliphatic rings. The van der Waals surface area contributed by atoms with Crippen molar-refractivity contribution in [3.05, 3.63) is 41.5 Å². The Kier molecular flexibility index (Phi) is 5.19. The van der Waals surface area contributed by atoms with Gasteiger partial charge in [0.25, 0.3) is 0 Å². The molecule has 2 N–H and O–H groups in total. The number of carbonyl (C=O) groups is 1. The van der Waals surface area contributed by atoms with Crippen LogP contribution in [0, 0.1) is 11.3 Å². The molecular formula is C18H21N5O2. The molecule has 1 aliphatic heterocycles. The molecule has 0 saturated carbocycles. The molecule has 2 heterocycles. The molecule has 2 amide bonds. The van der Waals surface area contributed by atoms with Gasteiger partial charge < -0.3 is 19.9 Å². The number of amides is 2. The van der Waals surface area contributed by atoms with E-state index in [1.807, 2.05) is 13.1 Å². The number of fused-ring (bicyclic) bond motifs is 1. The first-order valence-electron chi connectivity index (χ1n) is 8.46. The average Bonchev–Trinajstić information content (AvgIpc) is 3.04. The lowest BCUT2D eigenvalue weighted by Crippen LogP contribution is -2.28. The smallest absolute Gasteiger partial charge is 0.319 e. The first-order valence-corrected chi connectivity index (χ1v) is 8.46. The number of benzene rings is 1. The quantitative estimate of drug-likeness (QED) is 0.876. The van der Waals surface area contributed by atoms with Crippen LogP contribution < -0.4 is 15.4 Å². The second-order valence-corrected chi connectivity index (χ2v) is 5.86. The SMILES string of the molecule is CCOc1ccc(C#N)cc1NC(=O)NCc1cn2c(n1)CCCC2. The Hall–Kier alpha value is -3.01. The van der Waals surface area contributed by atoms with Crippen molar-refractivity contribution < 1.29 is 9.53 Å². The Bertz CT molecular complexity index is 783. The maximum atomic E-state index is 12.2. The van der Waals surface area contributed by atoms with Crippen LogP contribution in [0.5, 0.6) is 5.75 Å². The van der Waals surface area contributed by atoms with Gasteiger partial charge in [0.15, 0.2) is 0 Å². The molecule has 0 saturated heterocycles. The molecule has 0 aliphatic carbocycles. The second-order valence-electron chi connectivity index (χ2n) is 5.86. The van der Waals surface area contributed by atoms with Crippen LogP contribution in [0.1, 0.15) is 36.8 Å². The van der Waals surface area contributed by atoms with Gasteiger partial charge in [0.05, 0.1) is 36.2 Å². The molecule has 1 aromatic carbocycles. The number of aryl methyl sites for hydroxylation is 2. The Balaban J connectivity index is 1.62. The summed E-state index contributed by atoms with van der Waals surface area (Å²) in [4.78, 5) is 16.7. The fraction of sp³-hybridized carbons (Fsp3) is 0.389. The zero-order valence-electron chi connectivity index (χ0n) is 14.2. The van der Waals surface area contributed by atoms with E-state index < -0.39 is 0 Å². The van der Waals surface area contributed by atoms with Gasteiger partial charge in [-0.25, -0.2) is 9.78 Å². The number of imidazole rings is 1. The number of nitrogens with zero attached hydrogens (tertiary/aromatic N) is 3. The van der Waals surface area contributed by atoms with Crippen molar-refractivity contribution in [2.75, 3.05) is 11.9 Å². The molecular weight excluding hydrogens is 318 g/mol. The van der Waals surface area contributed by atoms with Gasteiger partial charge in [-0.2, -0.15) is 5.26 Å². The van der Waals surface area contributed by atoms with E-state index in [1.165, 1.54) is 12.8 Å². The van der Waals surface area contributed by atoms with E-state index in [4.69, 9.17) is 10.00 Å². The van der Waals surface area contributed by atoms with E-state index in [2.05, 4.69) is 26.3 Å². The molecule has 0 fully saturated rings. The fourth-order valence-corrected chi connectivity index (χ4v) is 2.87. The normalized spacial score (nSPS) is 12.8. The first kappa shape index (κ1) is 16.8. The van der Waals surface area contributed by atoms with E-state index >= 15 is 0 Å². The lowest BCUT2D eigenvalue weighted by molar-refractivity contribution is 0.251. The minimum Gasteiger partial charge on any atom is -0.492 e. The number of aromatic nitrogens is 2. The number of rotatable bonds is 5. The van der Waals surface area contributed by atoms with Crippen molar-refractivity contribution in [3.63, 3.8) is 0 Å². The van der Waals surface area contributed by atoms with Crippen LogP contribution in [0.2, 0.25) is 0 Å². The van der Waals surface area contributed by atoms with E-state index in [0.717, 1.165) is 24.5 Å². The van der Waals surface area contributed by atoms with Gasteiger partial charge in [-0.05, 0) is 38.0 Å². The summed E-state index contributed by atoms with van der Waals surface area (Å²) in [6.45, 7) is 3.69. The number of urea groups is 1. The molecule has 0 radical (unpaired) electrons. The van der Waals surface area contributed by atoms with Crippen molar-refractivity contribution in [2.24, 2.45) is 0 Å². The number of nitriles is 1. The zero-order chi connectivity index (χ0) is 17.6. The largest absolute Gasteiger partial charge is 0.492 e. The molecule has 0 spiro atoms. The average molecular weight is 339 g/mol. The highest BCUT2D eigenvalue weighted by Gasteiger charge is 2.13. The topological polar surface area (TPSA) is 92.0 Å². The predicted octanol–water partition coefficient (Wildman–Crippen LogP) is 2.81. The van der Waals surface area contributed by atoms with E-state index in [-0.39, 0.29) is 6.03 Å². The van der Waals surface area contributed by atoms with Crippen LogP contribution in [0.15, 0.2) is 24.4 Å². The van der Waals surface area contributed by atoms with Crippen LogP contribution in [-0.2, 0) is 19.5 Å². The number of carbonyl (C=O) groups excluding carboxylic acids is 1. The molecule has 25 heavy (non-hydrogen) atoms. The van der Waals surface area contributed by atoms with E-state index in [1.54, 1.807) is 18.2 Å². The number of hydrogen-bond acceptors (Lipinski definition) is 4. The van der Waals surface area contributed by atoms with Crippen molar-refractivity contribution >= 4 is 11.7 Å². The second kappa shape index (κ2) is 7.71. The van der Waals surface area contributed by atoms with Crippen LogP contribution in [0.25, 0.3) is 0 Å². The van der Waals surface area contributed by atoms with Crippen LogP contribution >= 0.6 is 0 Å². The van der Waals surface area contributed by atoms with Crippen LogP contribution in [-0.4, -0.2) is 22.2 Å². The number of ether oxygens (including phenoxy) is 1. The minimum atomic E-state index is -0.359. The van der Waals surface area contributed by atoms with Crippen molar-refractivity contribution in [1.82, 2.24) is 14.9 Å². The summed E-state index contributed by atoms with van der Waals surface area (Å²) in [6.07, 6.45) is 5.33. The minimum absolute atomic E-state index is 0.355. The van der Waals surface area contributed by atoms with Crippen molar-refractivity contribution in [3.8, 4) is 11.8 Å². The highest BCUT2D eigenvalue weighted by atomic mass is 16.5. The fourth-order valence-electron chi connectivity index (χ4n) is 2.87. The number of anilines is 1. The van der Waals surface area contributed by atoms with Crippen LogP contribution in [0.3, 0.4) is 0 Å². The Labute approximate surface area is 146 Å². The summed E-state index contributed by atoms with van der Waals surface area (Å²) >= 11 is 0. The van der Waals surface area contributed by atoms with Gasteiger partial charge >= 0.3 is 6.03 Å². The van der Waals surface area contributed by atoms with Gasteiger partial charge in [0.2, 0.25) is 0 Å². The summed E-state index contributed by atoms with van der Waals surface area (Å²) in [5.41, 5.74) is 1.78. The Morgan fingerprint density at radius 3 is 3.08 bits per heavy atom. The molecule has 3 rings (SSSR count). The highest BCUT2D eigenvalue weighted by molar-refractivity contribution is 5.91. The molecule has 7 nitrogen and oxygen atoms in total.